The Bertz CT molecular complexity index is 1480. The van der Waals surface area contributed by atoms with Gasteiger partial charge >= 0.3 is 5.97 Å². The van der Waals surface area contributed by atoms with Crippen LogP contribution >= 0.6 is 23.2 Å². The Labute approximate surface area is 243 Å². The number of rotatable bonds is 8. The molecule has 2 fully saturated rings. The molecule has 0 spiro atoms. The number of piperazine rings is 1. The van der Waals surface area contributed by atoms with Crippen molar-refractivity contribution in [3.8, 4) is 0 Å². The van der Waals surface area contributed by atoms with E-state index in [-0.39, 0.29) is 17.3 Å². The van der Waals surface area contributed by atoms with E-state index in [0.717, 1.165) is 43.8 Å². The van der Waals surface area contributed by atoms with Crippen molar-refractivity contribution in [1.82, 2.24) is 9.47 Å². The Morgan fingerprint density at radius 3 is 2.50 bits per heavy atom. The van der Waals surface area contributed by atoms with Crippen molar-refractivity contribution in [2.75, 3.05) is 37.6 Å². The van der Waals surface area contributed by atoms with Gasteiger partial charge in [0.25, 0.3) is 0 Å². The molecule has 0 bridgehead atoms. The van der Waals surface area contributed by atoms with Crippen molar-refractivity contribution in [1.29, 1.82) is 0 Å². The number of aromatic carboxylic acids is 1. The zero-order chi connectivity index (χ0) is 28.2. The van der Waals surface area contributed by atoms with Crippen LogP contribution in [0, 0.1) is 17.7 Å². The van der Waals surface area contributed by atoms with Crippen molar-refractivity contribution in [2.24, 2.45) is 24.0 Å². The summed E-state index contributed by atoms with van der Waals surface area (Å²) in [4.78, 5) is 22.2. The summed E-state index contributed by atoms with van der Waals surface area (Å²) in [6.45, 7) is 5.94. The molecular weight excluding hydrogens is 554 g/mol. The van der Waals surface area contributed by atoms with Crippen molar-refractivity contribution in [3.63, 3.8) is 0 Å². The monoisotopic (exact) mass is 586 g/mol. The molecule has 1 aliphatic carbocycles. The van der Waals surface area contributed by atoms with Crippen LogP contribution in [0.25, 0.3) is 10.9 Å². The first-order chi connectivity index (χ1) is 19.2. The van der Waals surface area contributed by atoms with Crippen LogP contribution in [0.3, 0.4) is 0 Å². The smallest absolute Gasteiger partial charge is 0.337 e. The van der Waals surface area contributed by atoms with E-state index in [1.807, 2.05) is 23.1 Å². The maximum atomic E-state index is 15.6. The summed E-state index contributed by atoms with van der Waals surface area (Å²) >= 11 is 13.2. The summed E-state index contributed by atoms with van der Waals surface area (Å²) in [6, 6.07) is 8.94. The lowest BCUT2D eigenvalue weighted by molar-refractivity contribution is -0.0432. The zero-order valence-corrected chi connectivity index (χ0v) is 24.2. The van der Waals surface area contributed by atoms with E-state index >= 15 is 4.39 Å². The van der Waals surface area contributed by atoms with Gasteiger partial charge < -0.3 is 19.4 Å². The number of carbonyl (C=O) groups is 1. The standard InChI is InChI=1S/C30H33Cl2FN4O3/c1-30(16-18-6-7-18)21(27(34-40-30)25-22(31)4-3-5-23(25)32)10-11-36-12-14-37(15-13-36)24-9-8-19-20(29(38)39)17-35(2)28(19)26(24)33/h3-5,8-9,17-18,21H,6-7,10-16H2,1-2H3,(H,38,39). The van der Waals surface area contributed by atoms with Crippen LogP contribution in [0.1, 0.15) is 48.5 Å². The molecule has 2 atom stereocenters. The van der Waals surface area contributed by atoms with Gasteiger partial charge in [-0.3, -0.25) is 4.90 Å². The molecule has 212 valence electrons. The number of halogens is 3. The molecule has 3 aromatic rings. The molecular formula is C30H33Cl2FN4O3. The first kappa shape index (κ1) is 27.4. The van der Waals surface area contributed by atoms with Crippen molar-refractivity contribution >= 4 is 51.5 Å². The topological polar surface area (TPSA) is 70.3 Å². The average molecular weight is 588 g/mol. The molecule has 2 aliphatic heterocycles. The second-order valence-corrected chi connectivity index (χ2v) is 12.4. The fourth-order valence-electron chi connectivity index (χ4n) is 6.43. The molecule has 3 aliphatic rings. The maximum absolute atomic E-state index is 15.6. The van der Waals surface area contributed by atoms with Crippen molar-refractivity contribution in [3.05, 3.63) is 63.5 Å². The normalized spacial score (nSPS) is 23.5. The van der Waals surface area contributed by atoms with Gasteiger partial charge in [-0.05, 0) is 56.5 Å². The quantitative estimate of drug-likeness (QED) is 0.329. The highest BCUT2D eigenvalue weighted by molar-refractivity contribution is 6.40. The molecule has 1 saturated heterocycles. The minimum absolute atomic E-state index is 0.0594. The molecule has 2 unspecified atom stereocenters. The number of benzene rings is 2. The van der Waals surface area contributed by atoms with Crippen LogP contribution in [0.2, 0.25) is 10.0 Å². The van der Waals surface area contributed by atoms with Gasteiger partial charge in [0.05, 0.1) is 32.5 Å². The fourth-order valence-corrected chi connectivity index (χ4v) is 7.02. The molecule has 1 aromatic heterocycles. The van der Waals surface area contributed by atoms with Crippen LogP contribution in [0.4, 0.5) is 10.1 Å². The van der Waals surface area contributed by atoms with Crippen LogP contribution in [0.15, 0.2) is 41.7 Å². The number of carboxylic acids is 1. The third-order valence-electron chi connectivity index (χ3n) is 8.77. The first-order valence-electron chi connectivity index (χ1n) is 13.8. The minimum Gasteiger partial charge on any atom is -0.478 e. The third-order valence-corrected chi connectivity index (χ3v) is 9.40. The second kappa shape index (κ2) is 10.5. The van der Waals surface area contributed by atoms with E-state index < -0.39 is 11.6 Å². The Hall–Kier alpha value is -2.81. The van der Waals surface area contributed by atoms with E-state index in [0.29, 0.717) is 45.6 Å². The number of anilines is 1. The molecule has 0 radical (unpaired) electrons. The Balaban J connectivity index is 1.15. The summed E-state index contributed by atoms with van der Waals surface area (Å²) in [5, 5.41) is 15.6. The highest BCUT2D eigenvalue weighted by atomic mass is 35.5. The van der Waals surface area contributed by atoms with Gasteiger partial charge in [-0.15, -0.1) is 0 Å². The SMILES string of the molecule is Cn1cc(C(=O)O)c2ccc(N3CCN(CCC4C(c5c(Cl)cccc5Cl)=NOC4(C)CC4CC4)CC3)c(F)c21. The van der Waals surface area contributed by atoms with Crippen LogP contribution in [-0.4, -0.2) is 64.6 Å². The lowest BCUT2D eigenvalue weighted by atomic mass is 9.78. The Kier molecular flexibility index (Phi) is 7.21. The van der Waals surface area contributed by atoms with Gasteiger partial charge in [-0.1, -0.05) is 47.3 Å². The van der Waals surface area contributed by atoms with Gasteiger partial charge in [0.2, 0.25) is 0 Å². The lowest BCUT2D eigenvalue weighted by Crippen LogP contribution is -2.48. The van der Waals surface area contributed by atoms with Crippen molar-refractivity contribution < 1.29 is 19.1 Å². The number of aryl methyl sites for hydroxylation is 1. The number of oxime groups is 1. The van der Waals surface area contributed by atoms with E-state index in [2.05, 4.69) is 17.0 Å². The lowest BCUT2D eigenvalue weighted by Gasteiger charge is -2.37. The number of hydrogen-bond donors (Lipinski definition) is 1. The first-order valence-corrected chi connectivity index (χ1v) is 14.6. The van der Waals surface area contributed by atoms with Gasteiger partial charge in [0.1, 0.15) is 5.60 Å². The van der Waals surface area contributed by atoms with Gasteiger partial charge in [-0.25, -0.2) is 9.18 Å². The third kappa shape index (κ3) is 4.95. The summed E-state index contributed by atoms with van der Waals surface area (Å²) in [5.41, 5.74) is 2.13. The molecule has 0 amide bonds. The van der Waals surface area contributed by atoms with Crippen LogP contribution in [-0.2, 0) is 11.9 Å². The second-order valence-electron chi connectivity index (χ2n) is 11.5. The summed E-state index contributed by atoms with van der Waals surface area (Å²) < 4.78 is 17.1. The van der Waals surface area contributed by atoms with E-state index in [1.165, 1.54) is 19.0 Å². The number of aromatic nitrogens is 1. The zero-order valence-electron chi connectivity index (χ0n) is 22.7. The predicted molar refractivity (Wildman–Crippen MR) is 156 cm³/mol. The molecule has 10 heteroatoms. The maximum Gasteiger partial charge on any atom is 0.337 e. The van der Waals surface area contributed by atoms with Crippen LogP contribution in [0.5, 0.6) is 0 Å². The average Bonchev–Trinajstić information content (AvgIpc) is 3.57. The van der Waals surface area contributed by atoms with E-state index in [1.54, 1.807) is 23.7 Å². The summed E-state index contributed by atoms with van der Waals surface area (Å²) in [6.07, 6.45) is 5.75. The summed E-state index contributed by atoms with van der Waals surface area (Å²) in [7, 11) is 1.68. The predicted octanol–water partition coefficient (Wildman–Crippen LogP) is 6.44. The van der Waals surface area contributed by atoms with Crippen LogP contribution < -0.4 is 4.90 Å². The Morgan fingerprint density at radius 2 is 1.85 bits per heavy atom. The molecule has 2 aromatic carbocycles. The number of nitrogens with zero attached hydrogens (tertiary/aromatic N) is 4. The molecule has 3 heterocycles. The molecule has 40 heavy (non-hydrogen) atoms. The minimum atomic E-state index is -1.06. The van der Waals surface area contributed by atoms with Gasteiger partial charge in [0, 0.05) is 56.3 Å². The largest absolute Gasteiger partial charge is 0.478 e. The van der Waals surface area contributed by atoms with Gasteiger partial charge in [0.15, 0.2) is 5.82 Å². The fraction of sp³-hybridized carbons (Fsp3) is 0.467. The molecule has 7 nitrogen and oxygen atoms in total. The number of hydrogen-bond acceptors (Lipinski definition) is 5. The highest BCUT2D eigenvalue weighted by Gasteiger charge is 2.49. The van der Waals surface area contributed by atoms with Gasteiger partial charge in [-0.2, -0.15) is 0 Å². The molecule has 6 rings (SSSR count). The number of fused-ring (bicyclic) bond motifs is 1. The highest BCUT2D eigenvalue weighted by Crippen LogP contribution is 2.47. The Morgan fingerprint density at radius 1 is 1.15 bits per heavy atom. The molecule has 1 N–H and O–H groups in total. The summed E-state index contributed by atoms with van der Waals surface area (Å²) in [5.74, 6) is -0.700. The number of carboxylic acid groups (broad SMARTS) is 1. The molecule has 1 saturated carbocycles. The van der Waals surface area contributed by atoms with Crippen molar-refractivity contribution in [2.45, 2.75) is 38.2 Å². The van der Waals surface area contributed by atoms with E-state index in [9.17, 15) is 9.90 Å². The van der Waals surface area contributed by atoms with E-state index in [4.69, 9.17) is 28.0 Å².